The first-order chi connectivity index (χ1) is 14.4. The highest BCUT2D eigenvalue weighted by Gasteiger charge is 2.23. The first kappa shape index (κ1) is 19.8. The third-order valence-corrected chi connectivity index (χ3v) is 5.55. The predicted octanol–water partition coefficient (Wildman–Crippen LogP) is 3.35. The van der Waals surface area contributed by atoms with E-state index >= 15 is 0 Å². The standard InChI is InChI=1S/C23H31N3O3/c1-2-5-21(6-3-1)29-22-9-13-26(14-10-22)23(25-17-19-11-16-27-18-19)24-12-8-20-7-4-15-28-20/h1-7,15,19,22H,8-14,16-18H2,(H,24,25). The van der Waals surface area contributed by atoms with Crippen LogP contribution in [0.2, 0.25) is 0 Å². The average molecular weight is 398 g/mol. The number of nitrogens with zero attached hydrogens (tertiary/aromatic N) is 2. The Balaban J connectivity index is 1.30. The number of nitrogens with one attached hydrogen (secondary N) is 1. The van der Waals surface area contributed by atoms with E-state index in [2.05, 4.69) is 10.2 Å². The maximum atomic E-state index is 6.14. The molecular weight excluding hydrogens is 366 g/mol. The zero-order chi connectivity index (χ0) is 19.7. The first-order valence-electron chi connectivity index (χ1n) is 10.7. The average Bonchev–Trinajstić information content (AvgIpc) is 3.46. The minimum absolute atomic E-state index is 0.265. The van der Waals surface area contributed by atoms with Crippen LogP contribution in [-0.2, 0) is 11.2 Å². The number of benzene rings is 1. The van der Waals surface area contributed by atoms with Crippen LogP contribution in [0.3, 0.4) is 0 Å². The van der Waals surface area contributed by atoms with E-state index in [9.17, 15) is 0 Å². The maximum absolute atomic E-state index is 6.14. The van der Waals surface area contributed by atoms with Gasteiger partial charge in [-0.15, -0.1) is 0 Å². The van der Waals surface area contributed by atoms with E-state index in [-0.39, 0.29) is 6.10 Å². The number of hydrogen-bond acceptors (Lipinski definition) is 4. The fourth-order valence-corrected chi connectivity index (χ4v) is 3.84. The van der Waals surface area contributed by atoms with E-state index < -0.39 is 0 Å². The number of likely N-dealkylation sites (tertiary alicyclic amines) is 1. The first-order valence-corrected chi connectivity index (χ1v) is 10.7. The SMILES string of the molecule is c1ccc(OC2CCN(C(=NCC3CCOC3)NCCc3ccco3)CC2)cc1. The van der Waals surface area contributed by atoms with Crippen molar-refractivity contribution in [2.45, 2.75) is 31.8 Å². The quantitative estimate of drug-likeness (QED) is 0.574. The largest absolute Gasteiger partial charge is 0.490 e. The molecule has 1 atom stereocenters. The minimum Gasteiger partial charge on any atom is -0.490 e. The topological polar surface area (TPSA) is 59.2 Å². The fraction of sp³-hybridized carbons (Fsp3) is 0.522. The highest BCUT2D eigenvalue weighted by Crippen LogP contribution is 2.19. The summed E-state index contributed by atoms with van der Waals surface area (Å²) in [5.74, 6) is 3.49. The summed E-state index contributed by atoms with van der Waals surface area (Å²) < 4.78 is 17.1. The van der Waals surface area contributed by atoms with Crippen LogP contribution in [0.15, 0.2) is 58.1 Å². The van der Waals surface area contributed by atoms with Gasteiger partial charge in [0.05, 0.1) is 12.9 Å². The second-order valence-electron chi connectivity index (χ2n) is 7.77. The molecule has 156 valence electrons. The molecule has 2 saturated heterocycles. The van der Waals surface area contributed by atoms with Crippen LogP contribution < -0.4 is 10.1 Å². The molecule has 3 heterocycles. The van der Waals surface area contributed by atoms with Crippen LogP contribution in [0.4, 0.5) is 0 Å². The highest BCUT2D eigenvalue weighted by atomic mass is 16.5. The van der Waals surface area contributed by atoms with Crippen LogP contribution in [0, 0.1) is 5.92 Å². The monoisotopic (exact) mass is 397 g/mol. The predicted molar refractivity (Wildman–Crippen MR) is 113 cm³/mol. The zero-order valence-corrected chi connectivity index (χ0v) is 17.0. The van der Waals surface area contributed by atoms with Crippen molar-refractivity contribution < 1.29 is 13.9 Å². The molecular formula is C23H31N3O3. The van der Waals surface area contributed by atoms with E-state index in [0.29, 0.717) is 5.92 Å². The highest BCUT2D eigenvalue weighted by molar-refractivity contribution is 5.80. The van der Waals surface area contributed by atoms with Crippen LogP contribution in [0.1, 0.15) is 25.0 Å². The van der Waals surface area contributed by atoms with Gasteiger partial charge in [-0.3, -0.25) is 4.99 Å². The zero-order valence-electron chi connectivity index (χ0n) is 17.0. The molecule has 6 nitrogen and oxygen atoms in total. The Kier molecular flexibility index (Phi) is 7.08. The van der Waals surface area contributed by atoms with Crippen LogP contribution >= 0.6 is 0 Å². The van der Waals surface area contributed by atoms with Gasteiger partial charge in [0, 0.05) is 58.0 Å². The van der Waals surface area contributed by atoms with E-state index in [1.165, 1.54) is 0 Å². The van der Waals surface area contributed by atoms with Gasteiger partial charge in [-0.2, -0.15) is 0 Å². The van der Waals surface area contributed by atoms with Crippen molar-refractivity contribution in [1.82, 2.24) is 10.2 Å². The number of piperidine rings is 1. The third kappa shape index (κ3) is 6.00. The second kappa shape index (κ2) is 10.3. The lowest BCUT2D eigenvalue weighted by Gasteiger charge is -2.34. The number of aliphatic imine (C=N–C) groups is 1. The van der Waals surface area contributed by atoms with Gasteiger partial charge < -0.3 is 24.1 Å². The van der Waals surface area contributed by atoms with Crippen molar-refractivity contribution in [3.05, 3.63) is 54.5 Å². The number of rotatable bonds is 7. The molecule has 2 aliphatic heterocycles. The lowest BCUT2D eigenvalue weighted by Crippen LogP contribution is -2.48. The Morgan fingerprint density at radius 1 is 1.10 bits per heavy atom. The Morgan fingerprint density at radius 2 is 1.97 bits per heavy atom. The normalized spacial score (nSPS) is 20.8. The molecule has 0 radical (unpaired) electrons. The smallest absolute Gasteiger partial charge is 0.193 e. The van der Waals surface area contributed by atoms with Crippen molar-refractivity contribution in [2.24, 2.45) is 10.9 Å². The van der Waals surface area contributed by atoms with Crippen molar-refractivity contribution in [3.63, 3.8) is 0 Å². The third-order valence-electron chi connectivity index (χ3n) is 5.55. The van der Waals surface area contributed by atoms with Crippen molar-refractivity contribution in [3.8, 4) is 5.75 Å². The van der Waals surface area contributed by atoms with Gasteiger partial charge in [-0.05, 0) is 30.7 Å². The van der Waals surface area contributed by atoms with E-state index in [0.717, 1.165) is 82.5 Å². The summed E-state index contributed by atoms with van der Waals surface area (Å²) in [6.07, 6.45) is 5.95. The van der Waals surface area contributed by atoms with Crippen LogP contribution in [-0.4, -0.2) is 56.4 Å². The molecule has 1 aromatic heterocycles. The van der Waals surface area contributed by atoms with Gasteiger partial charge in [-0.25, -0.2) is 0 Å². The molecule has 0 saturated carbocycles. The van der Waals surface area contributed by atoms with Gasteiger partial charge in [-0.1, -0.05) is 18.2 Å². The molecule has 2 aliphatic rings. The Labute approximate surface area is 172 Å². The van der Waals surface area contributed by atoms with Gasteiger partial charge in [0.25, 0.3) is 0 Å². The molecule has 6 heteroatoms. The summed E-state index contributed by atoms with van der Waals surface area (Å²) in [5, 5.41) is 3.55. The molecule has 0 spiro atoms. The van der Waals surface area contributed by atoms with Crippen LogP contribution in [0.5, 0.6) is 5.75 Å². The van der Waals surface area contributed by atoms with E-state index in [1.807, 2.05) is 42.5 Å². The van der Waals surface area contributed by atoms with Gasteiger partial charge in [0.2, 0.25) is 0 Å². The summed E-state index contributed by atoms with van der Waals surface area (Å²) in [5.41, 5.74) is 0. The number of para-hydroxylation sites is 1. The Hall–Kier alpha value is -2.47. The lowest BCUT2D eigenvalue weighted by molar-refractivity contribution is 0.129. The number of furan rings is 1. The molecule has 0 amide bonds. The Morgan fingerprint density at radius 3 is 2.69 bits per heavy atom. The number of ether oxygens (including phenoxy) is 2. The van der Waals surface area contributed by atoms with E-state index in [4.69, 9.17) is 18.9 Å². The molecule has 2 fully saturated rings. The fourth-order valence-electron chi connectivity index (χ4n) is 3.84. The van der Waals surface area contributed by atoms with E-state index in [1.54, 1.807) is 6.26 Å². The summed E-state index contributed by atoms with van der Waals surface area (Å²) in [6.45, 7) is 5.23. The molecule has 1 N–H and O–H groups in total. The molecule has 29 heavy (non-hydrogen) atoms. The Bertz CT molecular complexity index is 734. The molecule has 1 unspecified atom stereocenters. The summed E-state index contributed by atoms with van der Waals surface area (Å²) >= 11 is 0. The summed E-state index contributed by atoms with van der Waals surface area (Å²) in [7, 11) is 0. The second-order valence-corrected chi connectivity index (χ2v) is 7.77. The van der Waals surface area contributed by atoms with Crippen molar-refractivity contribution in [1.29, 1.82) is 0 Å². The summed E-state index contributed by atoms with van der Waals surface area (Å²) in [4.78, 5) is 7.30. The maximum Gasteiger partial charge on any atom is 0.193 e. The summed E-state index contributed by atoms with van der Waals surface area (Å²) in [6, 6.07) is 14.1. The lowest BCUT2D eigenvalue weighted by atomic mass is 10.1. The molecule has 0 aliphatic carbocycles. The number of hydrogen-bond donors (Lipinski definition) is 1. The van der Waals surface area contributed by atoms with Gasteiger partial charge in [0.15, 0.2) is 5.96 Å². The van der Waals surface area contributed by atoms with Gasteiger partial charge >= 0.3 is 0 Å². The van der Waals surface area contributed by atoms with Crippen molar-refractivity contribution >= 4 is 5.96 Å². The molecule has 0 bridgehead atoms. The minimum atomic E-state index is 0.265. The van der Waals surface area contributed by atoms with Gasteiger partial charge in [0.1, 0.15) is 17.6 Å². The van der Waals surface area contributed by atoms with Crippen molar-refractivity contribution in [2.75, 3.05) is 39.4 Å². The molecule has 2 aromatic rings. The molecule has 4 rings (SSSR count). The van der Waals surface area contributed by atoms with Crippen LogP contribution in [0.25, 0.3) is 0 Å². The molecule has 1 aromatic carbocycles. The number of guanidine groups is 1.